The summed E-state index contributed by atoms with van der Waals surface area (Å²) in [6.07, 6.45) is -1.03. The van der Waals surface area contributed by atoms with E-state index in [2.05, 4.69) is 10.4 Å². The second kappa shape index (κ2) is 5.01. The highest BCUT2D eigenvalue weighted by Gasteiger charge is 2.25. The van der Waals surface area contributed by atoms with Gasteiger partial charge in [-0.05, 0) is 0 Å². The van der Waals surface area contributed by atoms with Crippen LogP contribution in [0.2, 0.25) is 0 Å². The van der Waals surface area contributed by atoms with E-state index in [1.54, 1.807) is 17.9 Å². The van der Waals surface area contributed by atoms with Crippen LogP contribution in [0.5, 0.6) is 5.75 Å². The van der Waals surface area contributed by atoms with E-state index >= 15 is 0 Å². The van der Waals surface area contributed by atoms with Gasteiger partial charge in [0.15, 0.2) is 5.75 Å². The van der Waals surface area contributed by atoms with E-state index in [9.17, 15) is 13.2 Å². The minimum atomic E-state index is -4.17. The minimum Gasteiger partial charge on any atom is -0.489 e. The van der Waals surface area contributed by atoms with Gasteiger partial charge < -0.3 is 10.1 Å². The molecule has 1 aromatic rings. The first-order valence-corrected chi connectivity index (χ1v) is 4.36. The highest BCUT2D eigenvalue weighted by atomic mass is 19.4. The van der Waals surface area contributed by atoms with Crippen LogP contribution in [-0.2, 0) is 7.05 Å². The van der Waals surface area contributed by atoms with Crippen LogP contribution in [0, 0.1) is 0 Å². The normalized spacial score (nSPS) is 11.7. The fourth-order valence-corrected chi connectivity index (χ4v) is 0.944. The third-order valence-corrected chi connectivity index (χ3v) is 1.55. The molecule has 0 saturated heterocycles. The quantitative estimate of drug-likeness (QED) is 0.755. The van der Waals surface area contributed by atoms with E-state index in [1.807, 2.05) is 0 Å². The Labute approximate surface area is 85.0 Å². The molecule has 0 saturated carbocycles. The molecule has 0 amide bonds. The molecule has 0 unspecified atom stereocenters. The molecule has 15 heavy (non-hydrogen) atoms. The lowest BCUT2D eigenvalue weighted by molar-refractivity contribution is -0.124. The Hall–Kier alpha value is -1.24. The molecule has 0 bridgehead atoms. The summed E-state index contributed by atoms with van der Waals surface area (Å²) in [6.45, 7) is -0.667. The Bertz CT molecular complexity index is 298. The van der Waals surface area contributed by atoms with Crippen molar-refractivity contribution in [1.29, 1.82) is 0 Å². The molecule has 0 aromatic carbocycles. The maximum atomic E-state index is 11.7. The zero-order valence-corrected chi connectivity index (χ0v) is 8.21. The molecule has 0 aliphatic heterocycles. The maximum absolute atomic E-state index is 11.7. The van der Waals surface area contributed by atoms with E-state index in [4.69, 9.17) is 4.74 Å². The van der Waals surface area contributed by atoms with Crippen LogP contribution in [0.15, 0.2) is 12.4 Å². The molecule has 0 radical (unpaired) electrons. The first kappa shape index (κ1) is 11.8. The number of hydrogen-bond donors (Lipinski definition) is 1. The highest BCUT2D eigenvalue weighted by molar-refractivity contribution is 5.11. The molecule has 1 rings (SSSR count). The lowest BCUT2D eigenvalue weighted by Gasteiger charge is -2.08. The van der Waals surface area contributed by atoms with Crippen molar-refractivity contribution >= 4 is 0 Å². The fourth-order valence-electron chi connectivity index (χ4n) is 0.944. The molecule has 0 aliphatic carbocycles. The van der Waals surface area contributed by atoms with E-state index in [1.165, 1.54) is 6.20 Å². The van der Waals surface area contributed by atoms with Gasteiger partial charge in [-0.3, -0.25) is 4.68 Å². The first-order chi connectivity index (χ1) is 6.97. The second-order valence-corrected chi connectivity index (χ2v) is 2.99. The number of rotatable bonds is 5. The first-order valence-electron chi connectivity index (χ1n) is 4.36. The molecular formula is C8H12F3N3O. The maximum Gasteiger partial charge on any atom is 0.401 e. The van der Waals surface area contributed by atoms with Gasteiger partial charge in [-0.2, -0.15) is 18.3 Å². The SMILES string of the molecule is Cn1cc(OCCNCC(F)(F)F)cn1. The van der Waals surface area contributed by atoms with Crippen molar-refractivity contribution in [3.8, 4) is 5.75 Å². The lowest BCUT2D eigenvalue weighted by atomic mass is 10.5. The average molecular weight is 223 g/mol. The summed E-state index contributed by atoms with van der Waals surface area (Å²) in [5.74, 6) is 0.548. The largest absolute Gasteiger partial charge is 0.489 e. The number of hydrogen-bond acceptors (Lipinski definition) is 3. The van der Waals surface area contributed by atoms with Gasteiger partial charge in [0.2, 0.25) is 0 Å². The van der Waals surface area contributed by atoms with Crippen LogP contribution in [0.4, 0.5) is 13.2 Å². The van der Waals surface area contributed by atoms with Gasteiger partial charge in [0.05, 0.1) is 18.9 Å². The number of aromatic nitrogens is 2. The van der Waals surface area contributed by atoms with Crippen LogP contribution in [-0.4, -0.2) is 35.7 Å². The van der Waals surface area contributed by atoms with Gasteiger partial charge in [-0.1, -0.05) is 0 Å². The van der Waals surface area contributed by atoms with Gasteiger partial charge in [-0.25, -0.2) is 0 Å². The Balaban J connectivity index is 2.07. The number of aryl methyl sites for hydroxylation is 1. The van der Waals surface area contributed by atoms with Gasteiger partial charge in [0.25, 0.3) is 0 Å². The molecule has 1 heterocycles. The third-order valence-electron chi connectivity index (χ3n) is 1.55. The van der Waals surface area contributed by atoms with E-state index in [0.717, 1.165) is 0 Å². The van der Waals surface area contributed by atoms with E-state index in [-0.39, 0.29) is 13.2 Å². The number of nitrogens with one attached hydrogen (secondary N) is 1. The number of halogens is 3. The van der Waals surface area contributed by atoms with Crippen molar-refractivity contribution < 1.29 is 17.9 Å². The highest BCUT2D eigenvalue weighted by Crippen LogP contribution is 2.12. The van der Waals surface area contributed by atoms with Gasteiger partial charge >= 0.3 is 6.18 Å². The Morgan fingerprint density at radius 1 is 1.53 bits per heavy atom. The summed E-state index contributed by atoms with van der Waals surface area (Å²) in [5.41, 5.74) is 0. The van der Waals surface area contributed by atoms with Crippen LogP contribution in [0.1, 0.15) is 0 Å². The van der Waals surface area contributed by atoms with Gasteiger partial charge in [0, 0.05) is 13.6 Å². The molecule has 0 aliphatic rings. The van der Waals surface area contributed by atoms with Gasteiger partial charge in [0.1, 0.15) is 6.61 Å². The van der Waals surface area contributed by atoms with Crippen LogP contribution in [0.25, 0.3) is 0 Å². The number of ether oxygens (including phenoxy) is 1. The molecule has 7 heteroatoms. The zero-order valence-electron chi connectivity index (χ0n) is 8.21. The predicted octanol–water partition coefficient (Wildman–Crippen LogP) is 0.951. The predicted molar refractivity (Wildman–Crippen MR) is 47.6 cm³/mol. The van der Waals surface area contributed by atoms with Crippen molar-refractivity contribution in [2.75, 3.05) is 19.7 Å². The fraction of sp³-hybridized carbons (Fsp3) is 0.625. The molecule has 0 fully saturated rings. The molecule has 86 valence electrons. The smallest absolute Gasteiger partial charge is 0.401 e. The lowest BCUT2D eigenvalue weighted by Crippen LogP contribution is -2.31. The Morgan fingerprint density at radius 2 is 2.27 bits per heavy atom. The van der Waals surface area contributed by atoms with Crippen molar-refractivity contribution in [2.45, 2.75) is 6.18 Å². The van der Waals surface area contributed by atoms with Crippen molar-refractivity contribution in [3.63, 3.8) is 0 Å². The molecule has 0 spiro atoms. The summed E-state index contributed by atoms with van der Waals surface area (Å²) < 4.78 is 41.8. The monoisotopic (exact) mass is 223 g/mol. The van der Waals surface area contributed by atoms with Crippen molar-refractivity contribution in [3.05, 3.63) is 12.4 Å². The molecule has 1 aromatic heterocycles. The van der Waals surface area contributed by atoms with Crippen molar-refractivity contribution in [2.24, 2.45) is 7.05 Å². The zero-order chi connectivity index (χ0) is 11.3. The number of alkyl halides is 3. The summed E-state index contributed by atoms with van der Waals surface area (Å²) in [4.78, 5) is 0. The summed E-state index contributed by atoms with van der Waals surface area (Å²) in [7, 11) is 1.73. The van der Waals surface area contributed by atoms with Crippen LogP contribution < -0.4 is 10.1 Å². The average Bonchev–Trinajstić information content (AvgIpc) is 2.49. The molecule has 0 atom stereocenters. The van der Waals surface area contributed by atoms with Crippen LogP contribution in [0.3, 0.4) is 0 Å². The van der Waals surface area contributed by atoms with E-state index < -0.39 is 12.7 Å². The number of nitrogens with zero attached hydrogens (tertiary/aromatic N) is 2. The topological polar surface area (TPSA) is 39.1 Å². The third kappa shape index (κ3) is 5.26. The second-order valence-electron chi connectivity index (χ2n) is 2.99. The minimum absolute atomic E-state index is 0.147. The van der Waals surface area contributed by atoms with Gasteiger partial charge in [-0.15, -0.1) is 0 Å². The molecule has 4 nitrogen and oxygen atoms in total. The summed E-state index contributed by atoms with van der Waals surface area (Å²) in [5, 5.41) is 6.07. The van der Waals surface area contributed by atoms with Crippen molar-refractivity contribution in [1.82, 2.24) is 15.1 Å². The van der Waals surface area contributed by atoms with E-state index in [0.29, 0.717) is 5.75 Å². The molecular weight excluding hydrogens is 211 g/mol. The standard InChI is InChI=1S/C8H12F3N3O/c1-14-5-7(4-13-14)15-3-2-12-6-8(9,10)11/h4-5,12H,2-3,6H2,1H3. The molecule has 1 N–H and O–H groups in total. The summed E-state index contributed by atoms with van der Waals surface area (Å²) in [6, 6.07) is 0. The Morgan fingerprint density at radius 3 is 2.80 bits per heavy atom. The summed E-state index contributed by atoms with van der Waals surface area (Å²) >= 11 is 0. The van der Waals surface area contributed by atoms with Crippen LogP contribution >= 0.6 is 0 Å². The Kier molecular flexibility index (Phi) is 3.96.